The smallest absolute Gasteiger partial charge is 0.323 e. The second-order valence-electron chi connectivity index (χ2n) is 4.59. The summed E-state index contributed by atoms with van der Waals surface area (Å²) in [5, 5.41) is 8.71. The second-order valence-corrected chi connectivity index (χ2v) is 6.05. The van der Waals surface area contributed by atoms with Gasteiger partial charge in [-0.1, -0.05) is 0 Å². The highest BCUT2D eigenvalue weighted by molar-refractivity contribution is 7.12. The molecule has 0 spiro atoms. The molecule has 4 nitrogen and oxygen atoms in total. The van der Waals surface area contributed by atoms with Gasteiger partial charge < -0.3 is 10.0 Å². The molecule has 0 radical (unpaired) electrons. The van der Waals surface area contributed by atoms with Crippen LogP contribution in [0.1, 0.15) is 35.1 Å². The first-order valence-corrected chi connectivity index (χ1v) is 7.31. The molecule has 5 heteroatoms. The molecule has 0 aliphatic rings. The Morgan fingerprint density at radius 3 is 2.53 bits per heavy atom. The van der Waals surface area contributed by atoms with Gasteiger partial charge in [0.25, 0.3) is 0 Å². The molecule has 19 heavy (non-hydrogen) atoms. The van der Waals surface area contributed by atoms with Crippen LogP contribution >= 0.6 is 11.3 Å². The van der Waals surface area contributed by atoms with E-state index in [-0.39, 0.29) is 12.5 Å². The van der Waals surface area contributed by atoms with Crippen molar-refractivity contribution >= 4 is 23.2 Å². The van der Waals surface area contributed by atoms with Crippen molar-refractivity contribution in [1.29, 1.82) is 0 Å². The van der Waals surface area contributed by atoms with Gasteiger partial charge in [0, 0.05) is 22.7 Å². The molecule has 1 N–H and O–H groups in total. The summed E-state index contributed by atoms with van der Waals surface area (Å²) >= 11 is 1.77. The van der Waals surface area contributed by atoms with Crippen LogP contribution in [0.15, 0.2) is 6.07 Å². The molecule has 106 valence electrons. The molecule has 0 atom stereocenters. The molecule has 0 fully saturated rings. The van der Waals surface area contributed by atoms with E-state index in [4.69, 9.17) is 5.11 Å². The highest BCUT2D eigenvalue weighted by atomic mass is 32.1. The highest BCUT2D eigenvalue weighted by Crippen LogP contribution is 2.22. The van der Waals surface area contributed by atoms with Crippen LogP contribution in [0, 0.1) is 13.8 Å². The van der Waals surface area contributed by atoms with Gasteiger partial charge in [0.15, 0.2) is 0 Å². The number of rotatable bonds is 7. The number of hydrogen-bond donors (Lipinski definition) is 1. The molecule has 0 aliphatic heterocycles. The highest BCUT2D eigenvalue weighted by Gasteiger charge is 2.14. The minimum atomic E-state index is -0.959. The standard InChI is InChI=1S/C14H21NO3S/c1-4-15(9-14(17)18)13(16)7-5-6-12-8-10(2)19-11(12)3/h8H,4-7,9H2,1-3H3,(H,17,18). The van der Waals surface area contributed by atoms with Crippen molar-refractivity contribution in [3.05, 3.63) is 21.4 Å². The third-order valence-corrected chi connectivity index (χ3v) is 4.05. The summed E-state index contributed by atoms with van der Waals surface area (Å²) in [6.45, 7) is 6.22. The first kappa shape index (κ1) is 15.7. The number of nitrogens with zero attached hydrogens (tertiary/aromatic N) is 1. The largest absolute Gasteiger partial charge is 0.480 e. The summed E-state index contributed by atoms with van der Waals surface area (Å²) in [6.07, 6.45) is 2.06. The molecule has 0 aromatic carbocycles. The van der Waals surface area contributed by atoms with Gasteiger partial charge in [-0.25, -0.2) is 0 Å². The maximum atomic E-state index is 11.9. The Morgan fingerprint density at radius 1 is 1.37 bits per heavy atom. The lowest BCUT2D eigenvalue weighted by Crippen LogP contribution is -2.35. The topological polar surface area (TPSA) is 57.6 Å². The zero-order valence-corrected chi connectivity index (χ0v) is 12.5. The molecule has 1 rings (SSSR count). The van der Waals surface area contributed by atoms with Gasteiger partial charge in [0.05, 0.1) is 0 Å². The Kier molecular flexibility index (Phi) is 6.02. The maximum absolute atomic E-state index is 11.9. The molecule has 1 aromatic heterocycles. The SMILES string of the molecule is CCN(CC(=O)O)C(=O)CCCc1cc(C)sc1C. The monoisotopic (exact) mass is 283 g/mol. The number of carbonyl (C=O) groups is 2. The third kappa shape index (κ3) is 5.03. The number of likely N-dealkylation sites (N-methyl/N-ethyl adjacent to an activating group) is 1. The Bertz CT molecular complexity index is 454. The van der Waals surface area contributed by atoms with Crippen molar-refractivity contribution in [3.8, 4) is 0 Å². The van der Waals surface area contributed by atoms with Crippen LogP contribution < -0.4 is 0 Å². The van der Waals surface area contributed by atoms with Crippen molar-refractivity contribution in [3.63, 3.8) is 0 Å². The van der Waals surface area contributed by atoms with E-state index in [2.05, 4.69) is 19.9 Å². The van der Waals surface area contributed by atoms with E-state index in [1.54, 1.807) is 18.3 Å². The van der Waals surface area contributed by atoms with E-state index in [0.717, 1.165) is 12.8 Å². The summed E-state index contributed by atoms with van der Waals surface area (Å²) in [4.78, 5) is 26.5. The number of hydrogen-bond acceptors (Lipinski definition) is 3. The number of carboxylic acid groups (broad SMARTS) is 1. The fourth-order valence-corrected chi connectivity index (χ4v) is 3.04. The Labute approximate surface area is 118 Å². The first-order chi connectivity index (χ1) is 8.93. The number of carboxylic acids is 1. The quantitative estimate of drug-likeness (QED) is 0.837. The lowest BCUT2D eigenvalue weighted by Gasteiger charge is -2.18. The average Bonchev–Trinajstić information content (AvgIpc) is 2.64. The van der Waals surface area contributed by atoms with Crippen molar-refractivity contribution in [1.82, 2.24) is 4.90 Å². The number of thiophene rings is 1. The van der Waals surface area contributed by atoms with Crippen LogP contribution in [0.25, 0.3) is 0 Å². The lowest BCUT2D eigenvalue weighted by molar-refractivity contribution is -0.144. The molecular formula is C14H21NO3S. The molecule has 1 heterocycles. The summed E-state index contributed by atoms with van der Waals surface area (Å²) in [5.41, 5.74) is 1.30. The van der Waals surface area contributed by atoms with Gasteiger partial charge in [-0.15, -0.1) is 11.3 Å². The van der Waals surface area contributed by atoms with Crippen LogP contribution in [-0.4, -0.2) is 35.0 Å². The Hall–Kier alpha value is -1.36. The van der Waals surface area contributed by atoms with Gasteiger partial charge in [0.1, 0.15) is 6.54 Å². The Balaban J connectivity index is 2.41. The predicted molar refractivity (Wildman–Crippen MR) is 76.6 cm³/mol. The van der Waals surface area contributed by atoms with Gasteiger partial charge in [-0.3, -0.25) is 9.59 Å². The van der Waals surface area contributed by atoms with Crippen LogP contribution in [0.3, 0.4) is 0 Å². The first-order valence-electron chi connectivity index (χ1n) is 6.49. The summed E-state index contributed by atoms with van der Waals surface area (Å²) in [6, 6.07) is 2.17. The fraction of sp³-hybridized carbons (Fsp3) is 0.571. The van der Waals surface area contributed by atoms with E-state index in [1.165, 1.54) is 20.2 Å². The fourth-order valence-electron chi connectivity index (χ4n) is 2.06. The molecule has 0 saturated carbocycles. The number of amides is 1. The Morgan fingerprint density at radius 2 is 2.05 bits per heavy atom. The average molecular weight is 283 g/mol. The van der Waals surface area contributed by atoms with Crippen molar-refractivity contribution in [2.75, 3.05) is 13.1 Å². The van der Waals surface area contributed by atoms with Crippen LogP contribution in [0.5, 0.6) is 0 Å². The van der Waals surface area contributed by atoms with Gasteiger partial charge in [-0.2, -0.15) is 0 Å². The molecule has 0 bridgehead atoms. The van der Waals surface area contributed by atoms with E-state index >= 15 is 0 Å². The van der Waals surface area contributed by atoms with E-state index in [1.807, 2.05) is 0 Å². The molecule has 0 unspecified atom stereocenters. The van der Waals surface area contributed by atoms with Crippen molar-refractivity contribution < 1.29 is 14.7 Å². The second kappa shape index (κ2) is 7.28. The van der Waals surface area contributed by atoms with Crippen LogP contribution in [0.2, 0.25) is 0 Å². The summed E-state index contributed by atoms with van der Waals surface area (Å²) in [5.74, 6) is -1.03. The van der Waals surface area contributed by atoms with Crippen LogP contribution in [0.4, 0.5) is 0 Å². The molecule has 0 aliphatic carbocycles. The maximum Gasteiger partial charge on any atom is 0.323 e. The zero-order chi connectivity index (χ0) is 14.4. The van der Waals surface area contributed by atoms with E-state index in [9.17, 15) is 9.59 Å². The van der Waals surface area contributed by atoms with Gasteiger partial charge >= 0.3 is 5.97 Å². The summed E-state index contributed by atoms with van der Waals surface area (Å²) in [7, 11) is 0. The molecular weight excluding hydrogens is 262 g/mol. The van der Waals surface area contributed by atoms with Crippen LogP contribution in [-0.2, 0) is 16.0 Å². The molecule has 1 amide bonds. The number of aryl methyl sites for hydroxylation is 3. The summed E-state index contributed by atoms with van der Waals surface area (Å²) < 4.78 is 0. The molecule has 0 saturated heterocycles. The van der Waals surface area contributed by atoms with E-state index in [0.29, 0.717) is 13.0 Å². The zero-order valence-electron chi connectivity index (χ0n) is 11.7. The van der Waals surface area contributed by atoms with Gasteiger partial charge in [0.2, 0.25) is 5.91 Å². The third-order valence-electron chi connectivity index (χ3n) is 3.04. The number of carbonyl (C=O) groups excluding carboxylic acids is 1. The van der Waals surface area contributed by atoms with Gasteiger partial charge in [-0.05, 0) is 45.2 Å². The number of aliphatic carboxylic acids is 1. The minimum Gasteiger partial charge on any atom is -0.480 e. The minimum absolute atomic E-state index is 0.0745. The predicted octanol–water partition coefficient (Wildman–Crippen LogP) is 2.62. The lowest BCUT2D eigenvalue weighted by atomic mass is 10.1. The van der Waals surface area contributed by atoms with Crippen molar-refractivity contribution in [2.24, 2.45) is 0 Å². The molecule has 1 aromatic rings. The van der Waals surface area contributed by atoms with Crippen molar-refractivity contribution in [2.45, 2.75) is 40.0 Å². The normalized spacial score (nSPS) is 10.5. The van der Waals surface area contributed by atoms with E-state index < -0.39 is 5.97 Å².